The van der Waals surface area contributed by atoms with E-state index in [0.29, 0.717) is 17.0 Å². The highest BCUT2D eigenvalue weighted by Crippen LogP contribution is 2.22. The molecule has 1 aromatic heterocycles. The fourth-order valence-electron chi connectivity index (χ4n) is 1.86. The molecular formula is C22H22F2N2O4. The monoisotopic (exact) mass is 416 g/mol. The summed E-state index contributed by atoms with van der Waals surface area (Å²) in [4.78, 5) is 0. The maximum absolute atomic E-state index is 12.7. The molecule has 2 aromatic carbocycles. The second-order valence-electron chi connectivity index (χ2n) is 5.94. The van der Waals surface area contributed by atoms with Crippen molar-refractivity contribution in [2.24, 2.45) is 5.16 Å². The number of hydrogen-bond acceptors (Lipinski definition) is 6. The minimum atomic E-state index is -0.688. The molecule has 3 aromatic rings. The predicted octanol–water partition coefficient (Wildman–Crippen LogP) is 4.17. The molecule has 2 atom stereocenters. The Bertz CT molecular complexity index is 945. The van der Waals surface area contributed by atoms with Gasteiger partial charge in [0.1, 0.15) is 29.5 Å². The van der Waals surface area contributed by atoms with E-state index in [4.69, 9.17) is 14.8 Å². The molecule has 0 radical (unpaired) electrons. The Kier molecular flexibility index (Phi) is 10.5. The summed E-state index contributed by atoms with van der Waals surface area (Å²) in [6.45, 7) is 3.13. The molecule has 158 valence electrons. The lowest BCUT2D eigenvalue weighted by Crippen LogP contribution is -1.90. The van der Waals surface area contributed by atoms with E-state index >= 15 is 0 Å². The Balaban J connectivity index is 0.000000259. The normalized spacial score (nSPS) is 12.0. The van der Waals surface area contributed by atoms with Crippen molar-refractivity contribution < 1.29 is 28.7 Å². The molecule has 0 aliphatic carbocycles. The Morgan fingerprint density at radius 1 is 1.03 bits per heavy atom. The Morgan fingerprint density at radius 2 is 1.53 bits per heavy atom. The molecule has 0 saturated carbocycles. The number of nitrogens with zero attached hydrogens (tertiary/aromatic N) is 2. The molecule has 0 aliphatic heterocycles. The van der Waals surface area contributed by atoms with Gasteiger partial charge in [-0.05, 0) is 55.8 Å². The van der Waals surface area contributed by atoms with E-state index in [-0.39, 0.29) is 11.6 Å². The molecule has 30 heavy (non-hydrogen) atoms. The summed E-state index contributed by atoms with van der Waals surface area (Å²) in [6.07, 6.45) is 4.63. The van der Waals surface area contributed by atoms with Crippen LogP contribution in [-0.4, -0.2) is 32.9 Å². The first-order chi connectivity index (χ1) is 14.3. The number of aliphatic hydroxyl groups excluding tert-OH is 2. The lowest BCUT2D eigenvalue weighted by Gasteiger charge is -1.94. The van der Waals surface area contributed by atoms with Gasteiger partial charge >= 0.3 is 0 Å². The number of rotatable bonds is 3. The Hall–Kier alpha value is -3.54. The zero-order valence-corrected chi connectivity index (χ0v) is 16.4. The summed E-state index contributed by atoms with van der Waals surface area (Å²) in [5.41, 5.74) is 2.02. The van der Waals surface area contributed by atoms with Crippen LogP contribution >= 0.6 is 0 Å². The third-order valence-corrected chi connectivity index (χ3v) is 3.40. The van der Waals surface area contributed by atoms with Crippen LogP contribution in [0.1, 0.15) is 31.3 Å². The van der Waals surface area contributed by atoms with Crippen molar-refractivity contribution in [3.05, 3.63) is 77.6 Å². The van der Waals surface area contributed by atoms with E-state index in [1.165, 1.54) is 42.6 Å². The van der Waals surface area contributed by atoms with Crippen LogP contribution < -0.4 is 0 Å². The lowest BCUT2D eigenvalue weighted by molar-refractivity contribution is 0.158. The van der Waals surface area contributed by atoms with E-state index in [0.717, 1.165) is 5.56 Å². The largest absolute Gasteiger partial charge is 0.411 e. The third-order valence-electron chi connectivity index (χ3n) is 3.40. The van der Waals surface area contributed by atoms with E-state index in [9.17, 15) is 13.9 Å². The second-order valence-corrected chi connectivity index (χ2v) is 5.94. The molecule has 1 heterocycles. The van der Waals surface area contributed by atoms with Gasteiger partial charge in [-0.1, -0.05) is 28.4 Å². The average molecular weight is 416 g/mol. The van der Waals surface area contributed by atoms with Gasteiger partial charge < -0.3 is 19.9 Å². The van der Waals surface area contributed by atoms with Gasteiger partial charge in [0.15, 0.2) is 5.76 Å². The van der Waals surface area contributed by atoms with Crippen molar-refractivity contribution >= 4 is 6.21 Å². The highest BCUT2D eigenvalue weighted by Gasteiger charge is 2.10. The van der Waals surface area contributed by atoms with E-state index < -0.39 is 12.2 Å². The predicted molar refractivity (Wildman–Crippen MR) is 109 cm³/mol. The molecule has 6 nitrogen and oxygen atoms in total. The number of terminal acetylenes is 1. The smallest absolute Gasteiger partial charge is 0.165 e. The number of oxime groups is 1. The van der Waals surface area contributed by atoms with Crippen molar-refractivity contribution in [3.63, 3.8) is 0 Å². The van der Waals surface area contributed by atoms with Gasteiger partial charge in [0.2, 0.25) is 0 Å². The van der Waals surface area contributed by atoms with Gasteiger partial charge in [-0.3, -0.25) is 0 Å². The van der Waals surface area contributed by atoms with Crippen molar-refractivity contribution in [3.8, 4) is 23.6 Å². The SMILES string of the molecule is C#CC(C)O.CC(O)c1cc(-c2ccc(F)cc2)no1.O/N=C/c1ccc(F)cc1. The number of hydrogen-bond donors (Lipinski definition) is 3. The molecule has 0 aliphatic rings. The molecule has 0 amide bonds. The quantitative estimate of drug-likeness (QED) is 0.258. The van der Waals surface area contributed by atoms with E-state index in [1.807, 2.05) is 0 Å². The number of aliphatic hydroxyl groups is 2. The lowest BCUT2D eigenvalue weighted by atomic mass is 10.1. The van der Waals surface area contributed by atoms with Crippen LogP contribution in [0.15, 0.2) is 64.3 Å². The van der Waals surface area contributed by atoms with Gasteiger partial charge in [-0.15, -0.1) is 6.42 Å². The summed E-state index contributed by atoms with van der Waals surface area (Å²) in [5.74, 6) is 1.89. The standard InChI is InChI=1S/C11H10FNO2.C7H6FNO.C4H6O/c1-7(14)11-6-10(13-15-11)8-2-4-9(12)5-3-8;8-7-3-1-6(2-4-7)5-9-10;1-3-4(2)5/h2-7,14H,1H3;1-5,10H;1,4-5H,2H3/b;9-5+;. The van der Waals surface area contributed by atoms with Crippen molar-refractivity contribution in [2.45, 2.75) is 26.1 Å². The van der Waals surface area contributed by atoms with Gasteiger partial charge in [-0.25, -0.2) is 8.78 Å². The molecule has 2 unspecified atom stereocenters. The average Bonchev–Trinajstić information content (AvgIpc) is 3.22. The fraction of sp³-hybridized carbons (Fsp3) is 0.182. The minimum absolute atomic E-state index is 0.294. The molecule has 0 bridgehead atoms. The van der Waals surface area contributed by atoms with Crippen molar-refractivity contribution in [1.29, 1.82) is 0 Å². The minimum Gasteiger partial charge on any atom is -0.411 e. The zero-order chi connectivity index (χ0) is 22.5. The van der Waals surface area contributed by atoms with Gasteiger partial charge in [0.25, 0.3) is 0 Å². The summed E-state index contributed by atoms with van der Waals surface area (Å²) >= 11 is 0. The van der Waals surface area contributed by atoms with Crippen LogP contribution in [0.3, 0.4) is 0 Å². The molecular weight excluding hydrogens is 394 g/mol. The summed E-state index contributed by atoms with van der Waals surface area (Å²) in [7, 11) is 0. The number of aromatic nitrogens is 1. The highest BCUT2D eigenvalue weighted by atomic mass is 19.1. The van der Waals surface area contributed by atoms with Crippen molar-refractivity contribution in [1.82, 2.24) is 5.16 Å². The zero-order valence-electron chi connectivity index (χ0n) is 16.4. The molecule has 0 fully saturated rings. The molecule has 0 spiro atoms. The summed E-state index contributed by atoms with van der Waals surface area (Å²) in [5, 5.41) is 32.0. The van der Waals surface area contributed by atoms with Crippen LogP contribution in [0.5, 0.6) is 0 Å². The Morgan fingerprint density at radius 3 is 1.93 bits per heavy atom. The summed E-state index contributed by atoms with van der Waals surface area (Å²) < 4.78 is 29.8. The molecule has 3 N–H and O–H groups in total. The van der Waals surface area contributed by atoms with Crippen LogP contribution in [0, 0.1) is 24.0 Å². The van der Waals surface area contributed by atoms with Crippen molar-refractivity contribution in [2.75, 3.05) is 0 Å². The second kappa shape index (κ2) is 12.8. The Labute approximate surface area is 173 Å². The van der Waals surface area contributed by atoms with Crippen LogP contribution in [-0.2, 0) is 0 Å². The first kappa shape index (κ1) is 24.5. The molecule has 3 rings (SSSR count). The number of benzene rings is 2. The maximum atomic E-state index is 12.7. The first-order valence-corrected chi connectivity index (χ1v) is 8.74. The van der Waals surface area contributed by atoms with E-state index in [2.05, 4.69) is 22.7 Å². The first-order valence-electron chi connectivity index (χ1n) is 8.74. The topological polar surface area (TPSA) is 99.1 Å². The summed E-state index contributed by atoms with van der Waals surface area (Å²) in [6, 6.07) is 13.2. The van der Waals surface area contributed by atoms with Gasteiger partial charge in [0, 0.05) is 11.6 Å². The van der Waals surface area contributed by atoms with Crippen LogP contribution in [0.25, 0.3) is 11.3 Å². The third kappa shape index (κ3) is 9.10. The number of halogens is 2. The fourth-order valence-corrected chi connectivity index (χ4v) is 1.86. The van der Waals surface area contributed by atoms with Crippen LogP contribution in [0.4, 0.5) is 8.78 Å². The maximum Gasteiger partial charge on any atom is 0.165 e. The van der Waals surface area contributed by atoms with Gasteiger partial charge in [0.05, 0.1) is 6.21 Å². The molecule has 0 saturated heterocycles. The highest BCUT2D eigenvalue weighted by molar-refractivity contribution is 5.78. The van der Waals surface area contributed by atoms with E-state index in [1.54, 1.807) is 32.0 Å². The van der Waals surface area contributed by atoms with Gasteiger partial charge in [-0.2, -0.15) is 0 Å². The van der Waals surface area contributed by atoms with Crippen LogP contribution in [0.2, 0.25) is 0 Å². The molecule has 8 heteroatoms.